The first-order chi connectivity index (χ1) is 9.49. The van der Waals surface area contributed by atoms with Gasteiger partial charge in [0.05, 0.1) is 0 Å². The van der Waals surface area contributed by atoms with Crippen LogP contribution in [0.15, 0.2) is 0 Å². The average molecular weight is 323 g/mol. The van der Waals surface area contributed by atoms with Crippen LogP contribution in [0.5, 0.6) is 0 Å². The van der Waals surface area contributed by atoms with Crippen molar-refractivity contribution >= 4 is 16.2 Å². The molecular weight excluding hydrogens is 288 g/mol. The van der Waals surface area contributed by atoms with Gasteiger partial charge >= 0.3 is 16.2 Å². The zero-order valence-electron chi connectivity index (χ0n) is 14.3. The van der Waals surface area contributed by atoms with Gasteiger partial charge in [0, 0.05) is 26.4 Å². The molecule has 0 bridgehead atoms. The van der Waals surface area contributed by atoms with Gasteiger partial charge in [0.2, 0.25) is 0 Å². The average Bonchev–Trinajstić information content (AvgIpc) is 2.46. The van der Waals surface area contributed by atoms with Gasteiger partial charge in [-0.2, -0.15) is 0 Å². The van der Waals surface area contributed by atoms with E-state index in [0.29, 0.717) is 0 Å². The predicted molar refractivity (Wildman–Crippen MR) is 88.2 cm³/mol. The molecule has 0 spiro atoms. The summed E-state index contributed by atoms with van der Waals surface area (Å²) in [5.41, 5.74) is 0. The van der Waals surface area contributed by atoms with E-state index in [1.807, 2.05) is 0 Å². The lowest BCUT2D eigenvalue weighted by atomic mass is 10.5. The lowest BCUT2D eigenvalue weighted by Crippen LogP contribution is -2.67. The van der Waals surface area contributed by atoms with Crippen LogP contribution in [0.4, 0.5) is 0 Å². The van der Waals surface area contributed by atoms with Crippen LogP contribution in [-0.4, -0.2) is 42.6 Å². The molecule has 0 saturated heterocycles. The lowest BCUT2D eigenvalue weighted by Gasteiger charge is -2.39. The van der Waals surface area contributed by atoms with Crippen LogP contribution in [0, 0.1) is 0 Å². The molecule has 0 atom stereocenters. The van der Waals surface area contributed by atoms with E-state index >= 15 is 0 Å². The fraction of sp³-hybridized carbons (Fsp3) is 1.00. The summed E-state index contributed by atoms with van der Waals surface area (Å²) in [4.78, 5) is 0. The molecule has 0 aliphatic rings. The first-order valence-electron chi connectivity index (χ1n) is 8.05. The molecule has 0 aromatic carbocycles. The van der Waals surface area contributed by atoms with Crippen LogP contribution in [-0.2, 0) is 17.7 Å². The van der Waals surface area contributed by atoms with Gasteiger partial charge in [-0.3, -0.25) is 0 Å². The molecule has 4 nitrogen and oxygen atoms in total. The predicted octanol–water partition coefficient (Wildman–Crippen LogP) is 3.92. The summed E-state index contributed by atoms with van der Waals surface area (Å²) < 4.78 is 24.7. The van der Waals surface area contributed by atoms with Gasteiger partial charge in [0.25, 0.3) is 0 Å². The van der Waals surface area contributed by atoms with Crippen molar-refractivity contribution in [1.82, 2.24) is 0 Å². The third-order valence-electron chi connectivity index (χ3n) is 3.15. The molecule has 6 heteroatoms. The summed E-state index contributed by atoms with van der Waals surface area (Å²) in [5, 5.41) is 0. The van der Waals surface area contributed by atoms with Crippen LogP contribution in [0.1, 0.15) is 53.4 Å². The molecule has 0 fully saturated rings. The van der Waals surface area contributed by atoms with E-state index in [0.717, 1.165) is 52.1 Å². The molecule has 0 aromatic heterocycles. The highest BCUT2D eigenvalue weighted by Gasteiger charge is 2.58. The minimum atomic E-state index is -2.43. The number of hydrogen-bond donors (Lipinski definition) is 0. The second-order valence-electron chi connectivity index (χ2n) is 5.29. The summed E-state index contributed by atoms with van der Waals surface area (Å²) in [5.74, 6) is 0. The van der Waals surface area contributed by atoms with Crippen molar-refractivity contribution in [3.05, 3.63) is 0 Å². The monoisotopic (exact) mass is 322 g/mol. The highest BCUT2D eigenvalue weighted by molar-refractivity contribution is 7.31. The molecule has 0 aliphatic carbocycles. The smallest absolute Gasteiger partial charge is 0.381 e. The van der Waals surface area contributed by atoms with E-state index in [1.54, 1.807) is 0 Å². The first kappa shape index (κ1) is 20.3. The van der Waals surface area contributed by atoms with Crippen molar-refractivity contribution in [2.45, 2.75) is 66.5 Å². The summed E-state index contributed by atoms with van der Waals surface area (Å²) in [6.07, 6.45) is 3.96. The van der Waals surface area contributed by atoms with Gasteiger partial charge in [-0.15, -0.1) is 0 Å². The largest absolute Gasteiger partial charge is 0.394 e. The van der Waals surface area contributed by atoms with E-state index in [4.69, 9.17) is 17.7 Å². The van der Waals surface area contributed by atoms with E-state index in [-0.39, 0.29) is 0 Å². The Bertz CT molecular complexity index is 199. The third-order valence-corrected chi connectivity index (χ3v) is 14.5. The standard InChI is InChI=1S/C14H34O4Si2/c1-7-11-15-19(5,16-12-8-2)20(6,17-13-9-3)18-14-10-4/h7-14H2,1-6H3. The van der Waals surface area contributed by atoms with Crippen LogP contribution in [0.2, 0.25) is 13.1 Å². The second kappa shape index (κ2) is 10.9. The minimum absolute atomic E-state index is 0.722. The summed E-state index contributed by atoms with van der Waals surface area (Å²) in [6, 6.07) is 0. The SMILES string of the molecule is CCCO[Si](C)(OCCC)[Si](C)(OCCC)OCCC. The van der Waals surface area contributed by atoms with Crippen molar-refractivity contribution in [1.29, 1.82) is 0 Å². The molecule has 0 aromatic rings. The van der Waals surface area contributed by atoms with Crippen LogP contribution in [0.25, 0.3) is 0 Å². The minimum Gasteiger partial charge on any atom is -0.394 e. The highest BCUT2D eigenvalue weighted by atomic mass is 29.3. The Morgan fingerprint density at radius 1 is 0.500 bits per heavy atom. The van der Waals surface area contributed by atoms with Crippen LogP contribution < -0.4 is 0 Å². The zero-order chi connectivity index (χ0) is 15.5. The molecule has 0 aliphatic heterocycles. The van der Waals surface area contributed by atoms with Gasteiger partial charge in [0.15, 0.2) is 0 Å². The Balaban J connectivity index is 5.02. The Kier molecular flexibility index (Phi) is 11.1. The second-order valence-corrected chi connectivity index (χ2v) is 15.7. The van der Waals surface area contributed by atoms with Crippen molar-refractivity contribution in [3.63, 3.8) is 0 Å². The third kappa shape index (κ3) is 6.36. The lowest BCUT2D eigenvalue weighted by molar-refractivity contribution is 0.137. The van der Waals surface area contributed by atoms with Crippen LogP contribution in [0.3, 0.4) is 0 Å². The maximum Gasteiger partial charge on any atom is 0.381 e. The first-order valence-corrected chi connectivity index (χ1v) is 13.7. The summed E-state index contributed by atoms with van der Waals surface area (Å²) in [6.45, 7) is 15.6. The van der Waals surface area contributed by atoms with Crippen molar-refractivity contribution in [2.24, 2.45) is 0 Å². The fourth-order valence-corrected chi connectivity index (χ4v) is 9.76. The normalized spacial score (nSPS) is 12.9. The van der Waals surface area contributed by atoms with E-state index in [9.17, 15) is 0 Å². The van der Waals surface area contributed by atoms with Gasteiger partial charge in [-0.05, 0) is 38.8 Å². The molecule has 122 valence electrons. The van der Waals surface area contributed by atoms with Crippen molar-refractivity contribution in [2.75, 3.05) is 26.4 Å². The topological polar surface area (TPSA) is 36.9 Å². The number of hydrogen-bond acceptors (Lipinski definition) is 4. The molecule has 0 rings (SSSR count). The van der Waals surface area contributed by atoms with E-state index < -0.39 is 16.2 Å². The molecule has 0 heterocycles. The Hall–Kier alpha value is 0.274. The zero-order valence-corrected chi connectivity index (χ0v) is 16.3. The summed E-state index contributed by atoms with van der Waals surface area (Å²) in [7, 11) is -4.85. The van der Waals surface area contributed by atoms with Crippen molar-refractivity contribution < 1.29 is 17.7 Å². The maximum atomic E-state index is 6.17. The molecule has 0 saturated carbocycles. The quantitative estimate of drug-likeness (QED) is 0.482. The highest BCUT2D eigenvalue weighted by Crippen LogP contribution is 2.25. The molecule has 20 heavy (non-hydrogen) atoms. The Morgan fingerprint density at radius 2 is 0.700 bits per heavy atom. The molecule has 0 unspecified atom stereocenters. The van der Waals surface area contributed by atoms with Gasteiger partial charge in [-0.25, -0.2) is 0 Å². The van der Waals surface area contributed by atoms with Crippen molar-refractivity contribution in [3.8, 4) is 0 Å². The Labute approximate surface area is 127 Å². The van der Waals surface area contributed by atoms with E-state index in [2.05, 4.69) is 40.8 Å². The summed E-state index contributed by atoms with van der Waals surface area (Å²) >= 11 is 0. The maximum absolute atomic E-state index is 6.17. The molecular formula is C14H34O4Si2. The fourth-order valence-electron chi connectivity index (χ4n) is 1.79. The number of rotatable bonds is 13. The van der Waals surface area contributed by atoms with Crippen LogP contribution >= 0.6 is 0 Å². The van der Waals surface area contributed by atoms with Gasteiger partial charge in [-0.1, -0.05) is 27.7 Å². The Morgan fingerprint density at radius 3 is 0.850 bits per heavy atom. The molecule has 0 N–H and O–H groups in total. The van der Waals surface area contributed by atoms with E-state index in [1.165, 1.54) is 0 Å². The molecule has 0 amide bonds. The molecule has 0 radical (unpaired) electrons. The van der Waals surface area contributed by atoms with Gasteiger partial charge < -0.3 is 17.7 Å². The van der Waals surface area contributed by atoms with Gasteiger partial charge in [0.1, 0.15) is 0 Å².